The predicted octanol–water partition coefficient (Wildman–Crippen LogP) is 4.49. The number of hydrogen-bond donors (Lipinski definition) is 2. The molecule has 0 bridgehead atoms. The van der Waals surface area contributed by atoms with E-state index in [4.69, 9.17) is 5.26 Å². The second-order valence-electron chi connectivity index (χ2n) is 6.07. The molecule has 7 heteroatoms. The molecule has 6 nitrogen and oxygen atoms in total. The van der Waals surface area contributed by atoms with Gasteiger partial charge in [-0.1, -0.05) is 30.0 Å². The third-order valence-corrected chi connectivity index (χ3v) is 5.26. The number of aromatic nitrogens is 3. The third-order valence-electron chi connectivity index (χ3n) is 4.19. The minimum Gasteiger partial charge on any atom is -0.277 e. The van der Waals surface area contributed by atoms with E-state index in [0.717, 1.165) is 32.1 Å². The summed E-state index contributed by atoms with van der Waals surface area (Å²) in [4.78, 5) is 18.1. The summed E-state index contributed by atoms with van der Waals surface area (Å²) in [5, 5.41) is 19.3. The van der Waals surface area contributed by atoms with Crippen LogP contribution in [0.4, 0.5) is 0 Å². The van der Waals surface area contributed by atoms with Crippen molar-refractivity contribution in [2.75, 3.05) is 0 Å². The lowest BCUT2D eigenvalue weighted by Gasteiger charge is -2.07. The van der Waals surface area contributed by atoms with Gasteiger partial charge in [0, 0.05) is 21.4 Å². The van der Waals surface area contributed by atoms with Crippen LogP contribution in [0.25, 0.3) is 23.1 Å². The lowest BCUT2D eigenvalue weighted by atomic mass is 10.2. The average Bonchev–Trinajstić information content (AvgIpc) is 3.16. The molecule has 0 saturated heterocycles. The summed E-state index contributed by atoms with van der Waals surface area (Å²) in [6.45, 7) is 0. The Morgan fingerprint density at radius 3 is 2.79 bits per heavy atom. The first-order valence-corrected chi connectivity index (χ1v) is 9.60. The van der Waals surface area contributed by atoms with Gasteiger partial charge in [-0.25, -0.2) is 0 Å². The highest BCUT2D eigenvalue weighted by atomic mass is 32.2. The first kappa shape index (κ1) is 18.5. The number of fused-ring (bicyclic) bond motifs is 1. The van der Waals surface area contributed by atoms with Crippen molar-refractivity contribution in [3.05, 3.63) is 83.8 Å². The van der Waals surface area contributed by atoms with Crippen molar-refractivity contribution in [2.24, 2.45) is 0 Å². The number of carbonyl (C=O) groups is 1. The number of hydrogen-bond acceptors (Lipinski definition) is 5. The van der Waals surface area contributed by atoms with Crippen LogP contribution in [0.5, 0.6) is 0 Å². The molecular formula is C22H15N5OS. The first-order chi connectivity index (χ1) is 14.2. The topological polar surface area (TPSA) is 94.5 Å². The molecule has 2 N–H and O–H groups in total. The lowest BCUT2D eigenvalue weighted by molar-refractivity contribution is 0.0970. The Balaban J connectivity index is 1.59. The van der Waals surface area contributed by atoms with Crippen molar-refractivity contribution >= 4 is 40.7 Å². The molecule has 2 aromatic heterocycles. The number of benzene rings is 2. The van der Waals surface area contributed by atoms with Gasteiger partial charge in [0.25, 0.3) is 5.91 Å². The average molecular weight is 397 g/mol. The van der Waals surface area contributed by atoms with Crippen molar-refractivity contribution < 1.29 is 4.79 Å². The molecule has 0 radical (unpaired) electrons. The smallest absolute Gasteiger partial charge is 0.265 e. The normalized spacial score (nSPS) is 10.9. The van der Waals surface area contributed by atoms with E-state index in [0.29, 0.717) is 5.56 Å². The molecule has 0 spiro atoms. The highest BCUT2D eigenvalue weighted by Gasteiger charge is 2.12. The molecule has 29 heavy (non-hydrogen) atoms. The van der Waals surface area contributed by atoms with E-state index in [-0.39, 0.29) is 0 Å². The quantitative estimate of drug-likeness (QED) is 0.382. The van der Waals surface area contributed by atoms with Crippen LogP contribution in [0.15, 0.2) is 76.7 Å². The Bertz CT molecular complexity index is 1240. The van der Waals surface area contributed by atoms with Gasteiger partial charge in [-0.05, 0) is 54.6 Å². The number of nitrogens with zero attached hydrogens (tertiary/aromatic N) is 3. The Kier molecular flexibility index (Phi) is 5.36. The summed E-state index contributed by atoms with van der Waals surface area (Å²) in [5.74, 6) is -0.417. The minimum atomic E-state index is -0.417. The second-order valence-corrected chi connectivity index (χ2v) is 7.18. The Labute approximate surface area is 171 Å². The zero-order valence-corrected chi connectivity index (χ0v) is 16.0. The van der Waals surface area contributed by atoms with Crippen molar-refractivity contribution in [3.8, 4) is 6.19 Å². The summed E-state index contributed by atoms with van der Waals surface area (Å²) in [7, 11) is 0. The number of carbonyl (C=O) groups excluding carboxylic acids is 1. The highest BCUT2D eigenvalue weighted by Crippen LogP contribution is 2.32. The van der Waals surface area contributed by atoms with E-state index >= 15 is 0 Å². The van der Waals surface area contributed by atoms with E-state index in [1.807, 2.05) is 60.7 Å². The van der Waals surface area contributed by atoms with E-state index in [1.54, 1.807) is 24.5 Å². The highest BCUT2D eigenvalue weighted by molar-refractivity contribution is 7.99. The molecule has 0 aliphatic rings. The van der Waals surface area contributed by atoms with Crippen LogP contribution >= 0.6 is 11.8 Å². The van der Waals surface area contributed by atoms with Crippen molar-refractivity contribution in [1.29, 1.82) is 5.26 Å². The molecule has 1 amide bonds. The largest absolute Gasteiger partial charge is 0.277 e. The van der Waals surface area contributed by atoms with Crippen LogP contribution in [0, 0.1) is 11.5 Å². The van der Waals surface area contributed by atoms with E-state index in [9.17, 15) is 4.79 Å². The Morgan fingerprint density at radius 1 is 1.10 bits per heavy atom. The van der Waals surface area contributed by atoms with Gasteiger partial charge in [-0.3, -0.25) is 20.2 Å². The lowest BCUT2D eigenvalue weighted by Crippen LogP contribution is -2.17. The van der Waals surface area contributed by atoms with Gasteiger partial charge < -0.3 is 0 Å². The Morgan fingerprint density at radius 2 is 1.97 bits per heavy atom. The van der Waals surface area contributed by atoms with Gasteiger partial charge in [0.05, 0.1) is 22.5 Å². The number of nitriles is 1. The summed E-state index contributed by atoms with van der Waals surface area (Å²) in [6, 6.07) is 18.9. The molecule has 0 aliphatic carbocycles. The fraction of sp³-hybridized carbons (Fsp3) is 0. The number of nitrogens with one attached hydrogen (secondary N) is 2. The maximum atomic E-state index is 12.1. The first-order valence-electron chi connectivity index (χ1n) is 8.78. The van der Waals surface area contributed by atoms with E-state index in [1.165, 1.54) is 11.8 Å². The van der Waals surface area contributed by atoms with Crippen molar-refractivity contribution in [2.45, 2.75) is 9.79 Å². The fourth-order valence-corrected chi connectivity index (χ4v) is 3.82. The van der Waals surface area contributed by atoms with Gasteiger partial charge in [-0.2, -0.15) is 10.4 Å². The monoisotopic (exact) mass is 397 g/mol. The maximum Gasteiger partial charge on any atom is 0.265 e. The number of rotatable bonds is 5. The molecule has 0 saturated carbocycles. The summed E-state index contributed by atoms with van der Waals surface area (Å²) in [5.41, 5.74) is 3.05. The van der Waals surface area contributed by atoms with Crippen LogP contribution in [0.2, 0.25) is 0 Å². The molecule has 4 aromatic rings. The van der Waals surface area contributed by atoms with Crippen LogP contribution in [-0.4, -0.2) is 21.1 Å². The molecule has 140 valence electrons. The van der Waals surface area contributed by atoms with Crippen LogP contribution in [0.1, 0.15) is 21.7 Å². The fourth-order valence-electron chi connectivity index (χ4n) is 2.84. The maximum absolute atomic E-state index is 12.1. The van der Waals surface area contributed by atoms with Gasteiger partial charge >= 0.3 is 0 Å². The molecule has 4 rings (SSSR count). The van der Waals surface area contributed by atoms with Crippen molar-refractivity contribution in [1.82, 2.24) is 20.5 Å². The molecule has 0 atom stereocenters. The summed E-state index contributed by atoms with van der Waals surface area (Å²) >= 11 is 1.46. The number of H-pyrrole nitrogens is 1. The minimum absolute atomic E-state index is 0.417. The molecule has 0 unspecified atom stereocenters. The molecule has 2 heterocycles. The van der Waals surface area contributed by atoms with E-state index < -0.39 is 5.91 Å². The molecular weight excluding hydrogens is 382 g/mol. The van der Waals surface area contributed by atoms with Gasteiger partial charge in [0.1, 0.15) is 0 Å². The van der Waals surface area contributed by atoms with Gasteiger partial charge in [0.2, 0.25) is 0 Å². The summed E-state index contributed by atoms with van der Waals surface area (Å²) in [6.07, 6.45) is 7.27. The predicted molar refractivity (Wildman–Crippen MR) is 113 cm³/mol. The van der Waals surface area contributed by atoms with E-state index in [2.05, 4.69) is 20.5 Å². The van der Waals surface area contributed by atoms with Gasteiger partial charge in [0.15, 0.2) is 6.19 Å². The van der Waals surface area contributed by atoms with Crippen LogP contribution < -0.4 is 5.32 Å². The second kappa shape index (κ2) is 8.42. The van der Waals surface area contributed by atoms with Gasteiger partial charge in [-0.15, -0.1) is 0 Å². The Hall–Kier alpha value is -3.89. The molecule has 2 aromatic carbocycles. The summed E-state index contributed by atoms with van der Waals surface area (Å²) < 4.78 is 0. The van der Waals surface area contributed by atoms with Crippen LogP contribution in [0.3, 0.4) is 0 Å². The zero-order valence-electron chi connectivity index (χ0n) is 15.2. The SMILES string of the molecule is N#CNC(=O)c1ccccc1Sc1ccc2c(/C=C/c3ccccn3)n[nH]c2c1. The van der Waals surface area contributed by atoms with Crippen molar-refractivity contribution in [3.63, 3.8) is 0 Å². The molecule has 0 fully saturated rings. The standard InChI is InChI=1S/C22H15N5OS/c23-14-25-22(28)18-6-1-2-7-21(18)29-16-9-10-17-19(26-27-20(17)13-16)11-8-15-5-3-4-12-24-15/h1-13H,(H,25,28)(H,26,27)/b11-8+. The number of pyridine rings is 1. The third kappa shape index (κ3) is 4.18. The zero-order chi connectivity index (χ0) is 20.1. The number of aromatic amines is 1. The number of amides is 1. The molecule has 0 aliphatic heterocycles. The van der Waals surface area contributed by atoms with Crippen LogP contribution in [-0.2, 0) is 0 Å².